The molecule has 2 fully saturated rings. The van der Waals surface area contributed by atoms with Gasteiger partial charge in [-0.1, -0.05) is 6.92 Å². The maximum atomic E-state index is 11.9. The van der Waals surface area contributed by atoms with Crippen molar-refractivity contribution in [1.29, 1.82) is 0 Å². The minimum absolute atomic E-state index is 0.0803. The molecule has 3 unspecified atom stereocenters. The van der Waals surface area contributed by atoms with Crippen LogP contribution in [0.15, 0.2) is 0 Å². The van der Waals surface area contributed by atoms with Crippen LogP contribution in [0.1, 0.15) is 26.2 Å². The van der Waals surface area contributed by atoms with E-state index in [0.717, 1.165) is 39.0 Å². The normalized spacial score (nSPS) is 33.1. The highest BCUT2D eigenvalue weighted by Crippen LogP contribution is 2.20. The summed E-state index contributed by atoms with van der Waals surface area (Å²) in [5.74, 6) is 0.895. The molecule has 0 aromatic heterocycles. The van der Waals surface area contributed by atoms with Gasteiger partial charge in [-0.2, -0.15) is 0 Å². The van der Waals surface area contributed by atoms with E-state index in [0.29, 0.717) is 12.5 Å². The fourth-order valence-corrected chi connectivity index (χ4v) is 2.61. The molecule has 4 heteroatoms. The number of nitrogens with two attached hydrogens (primary N) is 1. The number of piperidine rings is 1. The number of hydrogen-bond acceptors (Lipinski definition) is 3. The fourth-order valence-electron chi connectivity index (χ4n) is 2.61. The Bertz CT molecular complexity index is 251. The molecule has 2 aliphatic heterocycles. The van der Waals surface area contributed by atoms with E-state index < -0.39 is 0 Å². The average molecular weight is 226 g/mol. The first-order valence-electron chi connectivity index (χ1n) is 6.30. The Labute approximate surface area is 97.1 Å². The highest BCUT2D eigenvalue weighted by molar-refractivity contribution is 5.79. The quantitative estimate of drug-likeness (QED) is 0.767. The van der Waals surface area contributed by atoms with Crippen molar-refractivity contribution in [3.8, 4) is 0 Å². The molecule has 2 rings (SSSR count). The lowest BCUT2D eigenvalue weighted by atomic mass is 9.95. The zero-order chi connectivity index (χ0) is 11.5. The molecule has 0 aromatic carbocycles. The second-order valence-corrected chi connectivity index (χ2v) is 5.12. The molecule has 3 atom stereocenters. The molecule has 0 aliphatic carbocycles. The van der Waals surface area contributed by atoms with Gasteiger partial charge in [-0.15, -0.1) is 0 Å². The highest BCUT2D eigenvalue weighted by Gasteiger charge is 2.29. The van der Waals surface area contributed by atoms with E-state index in [1.165, 1.54) is 0 Å². The third-order valence-corrected chi connectivity index (χ3v) is 3.80. The van der Waals surface area contributed by atoms with Gasteiger partial charge in [-0.3, -0.25) is 4.79 Å². The molecule has 0 aromatic rings. The van der Waals surface area contributed by atoms with Crippen molar-refractivity contribution >= 4 is 5.91 Å². The number of amides is 1. The second kappa shape index (κ2) is 5.15. The Morgan fingerprint density at radius 1 is 1.56 bits per heavy atom. The smallest absolute Gasteiger partial charge is 0.225 e. The summed E-state index contributed by atoms with van der Waals surface area (Å²) in [4.78, 5) is 13.9. The number of carbonyl (C=O) groups is 1. The lowest BCUT2D eigenvalue weighted by Crippen LogP contribution is -2.48. The SMILES string of the molecule is CC1CCCN(CC(N)C2CCOC2)C1=O. The first-order valence-corrected chi connectivity index (χ1v) is 6.30. The first kappa shape index (κ1) is 11.9. The number of likely N-dealkylation sites (tertiary alicyclic amines) is 1. The van der Waals surface area contributed by atoms with E-state index >= 15 is 0 Å². The Kier molecular flexibility index (Phi) is 3.82. The highest BCUT2D eigenvalue weighted by atomic mass is 16.5. The number of nitrogens with zero attached hydrogens (tertiary/aromatic N) is 1. The molecular formula is C12H22N2O2. The summed E-state index contributed by atoms with van der Waals surface area (Å²) >= 11 is 0. The van der Waals surface area contributed by atoms with Crippen molar-refractivity contribution in [2.24, 2.45) is 17.6 Å². The van der Waals surface area contributed by atoms with Gasteiger partial charge >= 0.3 is 0 Å². The van der Waals surface area contributed by atoms with E-state index in [1.807, 2.05) is 11.8 Å². The molecule has 92 valence electrons. The van der Waals surface area contributed by atoms with Gasteiger partial charge in [0.15, 0.2) is 0 Å². The number of rotatable bonds is 3. The van der Waals surface area contributed by atoms with Crippen LogP contribution in [-0.2, 0) is 9.53 Å². The van der Waals surface area contributed by atoms with Crippen molar-refractivity contribution in [1.82, 2.24) is 4.90 Å². The van der Waals surface area contributed by atoms with E-state index in [2.05, 4.69) is 0 Å². The Balaban J connectivity index is 1.85. The Hall–Kier alpha value is -0.610. The van der Waals surface area contributed by atoms with E-state index in [9.17, 15) is 4.79 Å². The van der Waals surface area contributed by atoms with Crippen LogP contribution in [0.5, 0.6) is 0 Å². The van der Waals surface area contributed by atoms with Crippen LogP contribution in [0.4, 0.5) is 0 Å². The molecule has 0 bridgehead atoms. The summed E-state index contributed by atoms with van der Waals surface area (Å²) in [5, 5.41) is 0. The summed E-state index contributed by atoms with van der Waals surface area (Å²) in [7, 11) is 0. The van der Waals surface area contributed by atoms with Gasteiger partial charge in [0.1, 0.15) is 0 Å². The van der Waals surface area contributed by atoms with Crippen LogP contribution in [0.2, 0.25) is 0 Å². The third-order valence-electron chi connectivity index (χ3n) is 3.80. The molecule has 16 heavy (non-hydrogen) atoms. The van der Waals surface area contributed by atoms with Crippen molar-refractivity contribution < 1.29 is 9.53 Å². The van der Waals surface area contributed by atoms with Crippen LogP contribution in [0.25, 0.3) is 0 Å². The number of carbonyl (C=O) groups excluding carboxylic acids is 1. The standard InChI is InChI=1S/C12H22N2O2/c1-9-3-2-5-14(12(9)15)7-11(13)10-4-6-16-8-10/h9-11H,2-8,13H2,1H3. The molecule has 2 saturated heterocycles. The van der Waals surface area contributed by atoms with Gasteiger partial charge in [0, 0.05) is 37.6 Å². The topological polar surface area (TPSA) is 55.6 Å². The van der Waals surface area contributed by atoms with Gasteiger partial charge in [-0.25, -0.2) is 0 Å². The maximum absolute atomic E-state index is 11.9. The summed E-state index contributed by atoms with van der Waals surface area (Å²) in [6.07, 6.45) is 3.18. The van der Waals surface area contributed by atoms with Crippen molar-refractivity contribution in [3.63, 3.8) is 0 Å². The minimum atomic E-state index is 0.0803. The van der Waals surface area contributed by atoms with E-state index in [1.54, 1.807) is 0 Å². The summed E-state index contributed by atoms with van der Waals surface area (Å²) in [5.41, 5.74) is 6.14. The maximum Gasteiger partial charge on any atom is 0.225 e. The molecule has 2 N–H and O–H groups in total. The Morgan fingerprint density at radius 3 is 3.06 bits per heavy atom. The average Bonchev–Trinajstić information content (AvgIpc) is 2.78. The van der Waals surface area contributed by atoms with Crippen LogP contribution in [0, 0.1) is 11.8 Å². The number of ether oxygens (including phenoxy) is 1. The predicted molar refractivity (Wildman–Crippen MR) is 61.9 cm³/mol. The molecule has 0 radical (unpaired) electrons. The van der Waals surface area contributed by atoms with Crippen molar-refractivity contribution in [2.75, 3.05) is 26.3 Å². The molecule has 1 amide bonds. The van der Waals surface area contributed by atoms with Crippen molar-refractivity contribution in [3.05, 3.63) is 0 Å². The Morgan fingerprint density at radius 2 is 2.38 bits per heavy atom. The lowest BCUT2D eigenvalue weighted by molar-refractivity contribution is -0.138. The van der Waals surface area contributed by atoms with Crippen LogP contribution < -0.4 is 5.73 Å². The minimum Gasteiger partial charge on any atom is -0.381 e. The van der Waals surface area contributed by atoms with Crippen molar-refractivity contribution in [2.45, 2.75) is 32.2 Å². The van der Waals surface area contributed by atoms with Crippen LogP contribution in [-0.4, -0.2) is 43.2 Å². The summed E-state index contributed by atoms with van der Waals surface area (Å²) in [6.45, 7) is 5.18. The molecule has 4 nitrogen and oxygen atoms in total. The van der Waals surface area contributed by atoms with Crippen LogP contribution >= 0.6 is 0 Å². The van der Waals surface area contributed by atoms with Gasteiger partial charge < -0.3 is 15.4 Å². The third kappa shape index (κ3) is 2.55. The van der Waals surface area contributed by atoms with Gasteiger partial charge in [0.25, 0.3) is 0 Å². The largest absolute Gasteiger partial charge is 0.381 e. The fraction of sp³-hybridized carbons (Fsp3) is 0.917. The van der Waals surface area contributed by atoms with Gasteiger partial charge in [-0.05, 0) is 19.3 Å². The lowest BCUT2D eigenvalue weighted by Gasteiger charge is -2.33. The monoisotopic (exact) mass is 226 g/mol. The van der Waals surface area contributed by atoms with E-state index in [4.69, 9.17) is 10.5 Å². The van der Waals surface area contributed by atoms with E-state index in [-0.39, 0.29) is 17.9 Å². The molecule has 0 saturated carbocycles. The molecule has 2 aliphatic rings. The zero-order valence-electron chi connectivity index (χ0n) is 10.0. The molecule has 2 heterocycles. The van der Waals surface area contributed by atoms with Crippen LogP contribution in [0.3, 0.4) is 0 Å². The summed E-state index contributed by atoms with van der Waals surface area (Å²) in [6, 6.07) is 0.0803. The predicted octanol–water partition coefficient (Wildman–Crippen LogP) is 0.609. The molecule has 0 spiro atoms. The zero-order valence-corrected chi connectivity index (χ0v) is 10.0. The van der Waals surface area contributed by atoms with Gasteiger partial charge in [0.05, 0.1) is 6.61 Å². The number of hydrogen-bond donors (Lipinski definition) is 1. The molecular weight excluding hydrogens is 204 g/mol. The van der Waals surface area contributed by atoms with Gasteiger partial charge in [0.2, 0.25) is 5.91 Å². The second-order valence-electron chi connectivity index (χ2n) is 5.12. The summed E-state index contributed by atoms with van der Waals surface area (Å²) < 4.78 is 5.33. The first-order chi connectivity index (χ1) is 7.68.